The van der Waals surface area contributed by atoms with Crippen LogP contribution in [0.2, 0.25) is 5.02 Å². The Bertz CT molecular complexity index is 801. The first-order valence-corrected chi connectivity index (χ1v) is 9.15. The zero-order valence-electron chi connectivity index (χ0n) is 14.2. The van der Waals surface area contributed by atoms with Crippen molar-refractivity contribution in [1.29, 1.82) is 10.8 Å². The second-order valence-corrected chi connectivity index (χ2v) is 7.06. The van der Waals surface area contributed by atoms with Crippen LogP contribution in [0.25, 0.3) is 0 Å². The third-order valence-corrected chi connectivity index (χ3v) is 5.13. The molecule has 0 fully saturated rings. The van der Waals surface area contributed by atoms with Gasteiger partial charge in [0.25, 0.3) is 0 Å². The number of ether oxygens (including phenoxy) is 1. The highest BCUT2D eigenvalue weighted by molar-refractivity contribution is 6.42. The molecule has 0 radical (unpaired) electrons. The Morgan fingerprint density at radius 2 is 2.15 bits per heavy atom. The van der Waals surface area contributed by atoms with Crippen molar-refractivity contribution in [2.75, 3.05) is 19.7 Å². The summed E-state index contributed by atoms with van der Waals surface area (Å²) in [5.41, 5.74) is 2.55. The molecule has 1 aromatic carbocycles. The number of allylic oxidation sites excluding steroid dienone is 2. The summed E-state index contributed by atoms with van der Waals surface area (Å²) < 4.78 is 5.89. The summed E-state index contributed by atoms with van der Waals surface area (Å²) in [5.74, 6) is 0.928. The molecule has 2 N–H and O–H groups in total. The van der Waals surface area contributed by atoms with E-state index in [0.717, 1.165) is 60.4 Å². The van der Waals surface area contributed by atoms with Gasteiger partial charge in [0.1, 0.15) is 12.4 Å². The highest BCUT2D eigenvalue weighted by Gasteiger charge is 2.26. The summed E-state index contributed by atoms with van der Waals surface area (Å²) in [7, 11) is 0. The van der Waals surface area contributed by atoms with Crippen LogP contribution in [0, 0.1) is 10.8 Å². The van der Waals surface area contributed by atoms with E-state index in [0.29, 0.717) is 18.2 Å². The first-order valence-electron chi connectivity index (χ1n) is 8.40. The SMILES string of the molecule is N=C/C(Cl)=C(\C=N)C=NC1=CCN([C@H]2COc3ccc(Cl)cc3C2)CC1. The molecule has 2 aliphatic rings. The summed E-state index contributed by atoms with van der Waals surface area (Å²) in [6, 6.07) is 6.10. The molecule has 1 aromatic rings. The number of halogens is 2. The maximum atomic E-state index is 7.34. The predicted octanol–water partition coefficient (Wildman–Crippen LogP) is 4.10. The molecule has 0 unspecified atom stereocenters. The molecule has 0 aromatic heterocycles. The number of hydrogen-bond donors (Lipinski definition) is 2. The molecule has 2 aliphatic heterocycles. The van der Waals surface area contributed by atoms with Crippen LogP contribution in [0.15, 0.2) is 45.6 Å². The number of aliphatic imine (C=N–C) groups is 1. The largest absolute Gasteiger partial charge is 0.492 e. The Morgan fingerprint density at radius 1 is 1.31 bits per heavy atom. The molecule has 26 heavy (non-hydrogen) atoms. The molecule has 5 nitrogen and oxygen atoms in total. The van der Waals surface area contributed by atoms with E-state index in [1.807, 2.05) is 18.2 Å². The number of nitrogens with zero attached hydrogens (tertiary/aromatic N) is 2. The maximum absolute atomic E-state index is 7.34. The molecule has 136 valence electrons. The van der Waals surface area contributed by atoms with Gasteiger partial charge in [-0.15, -0.1) is 0 Å². The third kappa shape index (κ3) is 4.41. The molecule has 0 amide bonds. The minimum Gasteiger partial charge on any atom is -0.492 e. The van der Waals surface area contributed by atoms with Gasteiger partial charge in [0.15, 0.2) is 0 Å². The summed E-state index contributed by atoms with van der Waals surface area (Å²) in [5, 5.41) is 15.4. The molecule has 0 bridgehead atoms. The smallest absolute Gasteiger partial charge is 0.122 e. The van der Waals surface area contributed by atoms with E-state index >= 15 is 0 Å². The normalized spacial score (nSPS) is 21.5. The van der Waals surface area contributed by atoms with E-state index in [-0.39, 0.29) is 5.03 Å². The van der Waals surface area contributed by atoms with Crippen LogP contribution in [-0.2, 0) is 6.42 Å². The Morgan fingerprint density at radius 3 is 2.85 bits per heavy atom. The lowest BCUT2D eigenvalue weighted by atomic mass is 10.00. The number of hydrogen-bond acceptors (Lipinski definition) is 5. The molecule has 0 saturated heterocycles. The van der Waals surface area contributed by atoms with Crippen molar-refractivity contribution in [2.45, 2.75) is 18.9 Å². The molecule has 0 aliphatic carbocycles. The molecule has 3 rings (SSSR count). The average Bonchev–Trinajstić information content (AvgIpc) is 2.68. The van der Waals surface area contributed by atoms with E-state index in [9.17, 15) is 0 Å². The fourth-order valence-electron chi connectivity index (χ4n) is 3.11. The predicted molar refractivity (Wildman–Crippen MR) is 108 cm³/mol. The van der Waals surface area contributed by atoms with E-state index in [4.69, 9.17) is 38.8 Å². The van der Waals surface area contributed by atoms with E-state index < -0.39 is 0 Å². The second kappa shape index (κ2) is 8.62. The van der Waals surface area contributed by atoms with Crippen LogP contribution in [0.4, 0.5) is 0 Å². The molecule has 0 spiro atoms. The average molecular weight is 391 g/mol. The molecule has 0 saturated carbocycles. The zero-order chi connectivity index (χ0) is 18.5. The van der Waals surface area contributed by atoms with Crippen molar-refractivity contribution in [3.8, 4) is 5.75 Å². The molecule has 7 heteroatoms. The van der Waals surface area contributed by atoms with Gasteiger partial charge in [-0.05, 0) is 36.3 Å². The third-order valence-electron chi connectivity index (χ3n) is 4.57. The van der Waals surface area contributed by atoms with Crippen LogP contribution in [0.5, 0.6) is 5.75 Å². The Kier molecular flexibility index (Phi) is 6.25. The van der Waals surface area contributed by atoms with Crippen LogP contribution < -0.4 is 4.74 Å². The quantitative estimate of drug-likeness (QED) is 0.742. The van der Waals surface area contributed by atoms with Gasteiger partial charge in [-0.2, -0.15) is 0 Å². The van der Waals surface area contributed by atoms with Crippen LogP contribution in [0.1, 0.15) is 12.0 Å². The highest BCUT2D eigenvalue weighted by atomic mass is 35.5. The standard InChI is InChI=1S/C19H20Cl2N4O/c20-15-1-2-19-13(7-15)8-17(12-26-19)25-5-3-16(4-6-25)24-11-14(9-22)18(21)10-23/h1-3,7,9-11,17,22-23H,4-6,8,12H2/b18-14-,22-9?,23-10?,24-11?/t17-/m1/s1. The van der Waals surface area contributed by atoms with Gasteiger partial charge in [-0.1, -0.05) is 23.2 Å². The Hall–Kier alpha value is -1.95. The number of rotatable bonds is 5. The zero-order valence-corrected chi connectivity index (χ0v) is 15.7. The van der Waals surface area contributed by atoms with Crippen LogP contribution in [0.3, 0.4) is 0 Å². The van der Waals surface area contributed by atoms with Crippen LogP contribution >= 0.6 is 23.2 Å². The van der Waals surface area contributed by atoms with Crippen molar-refractivity contribution >= 4 is 41.8 Å². The van der Waals surface area contributed by atoms with Crippen molar-refractivity contribution < 1.29 is 4.74 Å². The van der Waals surface area contributed by atoms with Gasteiger partial charge < -0.3 is 15.6 Å². The first kappa shape index (κ1) is 18.8. The lowest BCUT2D eigenvalue weighted by molar-refractivity contribution is 0.127. The fraction of sp³-hybridized carbons (Fsp3) is 0.316. The number of benzene rings is 1. The van der Waals surface area contributed by atoms with Crippen molar-refractivity contribution in [3.63, 3.8) is 0 Å². The van der Waals surface area contributed by atoms with E-state index in [1.165, 1.54) is 0 Å². The summed E-state index contributed by atoms with van der Waals surface area (Å²) in [6.45, 7) is 2.38. The maximum Gasteiger partial charge on any atom is 0.122 e. The van der Waals surface area contributed by atoms with Gasteiger partial charge >= 0.3 is 0 Å². The lowest BCUT2D eigenvalue weighted by Crippen LogP contribution is -2.45. The van der Waals surface area contributed by atoms with Gasteiger partial charge in [0.05, 0.1) is 5.03 Å². The first-order chi connectivity index (χ1) is 12.6. The molecular weight excluding hydrogens is 371 g/mol. The summed E-state index contributed by atoms with van der Waals surface area (Å²) >= 11 is 12.0. The van der Waals surface area contributed by atoms with Crippen LogP contribution in [-0.4, -0.2) is 49.3 Å². The molecule has 1 atom stereocenters. The highest BCUT2D eigenvalue weighted by Crippen LogP contribution is 2.30. The summed E-state index contributed by atoms with van der Waals surface area (Å²) in [6.07, 6.45) is 7.50. The summed E-state index contributed by atoms with van der Waals surface area (Å²) in [4.78, 5) is 6.80. The molecular formula is C19H20Cl2N4O. The Balaban J connectivity index is 1.63. The lowest BCUT2D eigenvalue weighted by Gasteiger charge is -2.36. The minimum absolute atomic E-state index is 0.207. The fourth-order valence-corrected chi connectivity index (χ4v) is 3.41. The minimum atomic E-state index is 0.207. The molecule has 2 heterocycles. The van der Waals surface area contributed by atoms with Gasteiger partial charge in [-0.25, -0.2) is 0 Å². The van der Waals surface area contributed by atoms with Crippen molar-refractivity contribution in [2.24, 2.45) is 4.99 Å². The topological polar surface area (TPSA) is 72.5 Å². The second-order valence-electron chi connectivity index (χ2n) is 6.21. The Labute approximate surface area is 163 Å². The van der Waals surface area contributed by atoms with Gasteiger partial charge in [0, 0.05) is 60.5 Å². The number of nitrogens with one attached hydrogen (secondary N) is 2. The van der Waals surface area contributed by atoms with E-state index in [2.05, 4.69) is 16.0 Å². The van der Waals surface area contributed by atoms with Crippen molar-refractivity contribution in [3.05, 3.63) is 51.2 Å². The van der Waals surface area contributed by atoms with Gasteiger partial charge in [0.2, 0.25) is 0 Å². The monoisotopic (exact) mass is 390 g/mol. The number of fused-ring (bicyclic) bond motifs is 1. The van der Waals surface area contributed by atoms with Gasteiger partial charge in [-0.3, -0.25) is 9.89 Å². The van der Waals surface area contributed by atoms with Crippen molar-refractivity contribution in [1.82, 2.24) is 4.90 Å². The van der Waals surface area contributed by atoms with E-state index in [1.54, 1.807) is 6.21 Å².